The Labute approximate surface area is 113 Å². The smallest absolute Gasteiger partial charge is 0.311 e. The zero-order valence-electron chi connectivity index (χ0n) is 11.3. The molecule has 0 aliphatic carbocycles. The minimum atomic E-state index is -0.279. The first-order chi connectivity index (χ1) is 9.13. The maximum atomic E-state index is 11.5. The molecule has 0 saturated carbocycles. The lowest BCUT2D eigenvalue weighted by molar-refractivity contribution is -0.146. The van der Waals surface area contributed by atoms with E-state index in [2.05, 4.69) is 17.0 Å². The Balaban J connectivity index is 1.77. The Hall–Kier alpha value is -1.68. The molecule has 2 rings (SSSR count). The van der Waals surface area contributed by atoms with Gasteiger partial charge >= 0.3 is 5.97 Å². The first kappa shape index (κ1) is 13.7. The van der Waals surface area contributed by atoms with Crippen molar-refractivity contribution in [1.29, 1.82) is 5.41 Å². The van der Waals surface area contributed by atoms with Crippen LogP contribution in [0.3, 0.4) is 0 Å². The van der Waals surface area contributed by atoms with E-state index in [0.717, 1.165) is 26.1 Å². The summed E-state index contributed by atoms with van der Waals surface area (Å²) in [6.07, 6.45) is 0.973. The number of likely N-dealkylation sites (tertiary alicyclic amines) is 1. The molecule has 0 spiro atoms. The van der Waals surface area contributed by atoms with Crippen molar-refractivity contribution in [3.05, 3.63) is 35.9 Å². The quantitative estimate of drug-likeness (QED) is 0.652. The van der Waals surface area contributed by atoms with Gasteiger partial charge < -0.3 is 10.1 Å². The molecular formula is C15H20N2O2. The number of esters is 1. The lowest BCUT2D eigenvalue weighted by atomic mass is 10.2. The average molecular weight is 260 g/mol. The Morgan fingerprint density at radius 3 is 2.84 bits per heavy atom. The highest BCUT2D eigenvalue weighted by molar-refractivity contribution is 5.95. The molecule has 1 aromatic rings. The van der Waals surface area contributed by atoms with Crippen LogP contribution in [-0.2, 0) is 16.1 Å². The van der Waals surface area contributed by atoms with Crippen LogP contribution in [0, 0.1) is 5.41 Å². The van der Waals surface area contributed by atoms with Gasteiger partial charge in [0.25, 0.3) is 0 Å². The van der Waals surface area contributed by atoms with Gasteiger partial charge in [-0.25, -0.2) is 0 Å². The van der Waals surface area contributed by atoms with Crippen LogP contribution >= 0.6 is 0 Å². The number of nitrogens with one attached hydrogen (secondary N) is 1. The molecule has 1 heterocycles. The van der Waals surface area contributed by atoms with E-state index in [9.17, 15) is 4.79 Å². The Bertz CT molecular complexity index is 445. The molecule has 4 nitrogen and oxygen atoms in total. The third-order valence-electron chi connectivity index (χ3n) is 3.19. The summed E-state index contributed by atoms with van der Waals surface area (Å²) in [4.78, 5) is 13.8. The lowest BCUT2D eigenvalue weighted by Gasteiger charge is -2.16. The van der Waals surface area contributed by atoms with Crippen LogP contribution in [-0.4, -0.2) is 35.8 Å². The minimum absolute atomic E-state index is 0.0180. The maximum absolute atomic E-state index is 11.5. The zero-order chi connectivity index (χ0) is 13.7. The third-order valence-corrected chi connectivity index (χ3v) is 3.19. The lowest BCUT2D eigenvalue weighted by Crippen LogP contribution is -2.25. The molecule has 19 heavy (non-hydrogen) atoms. The highest BCUT2D eigenvalue weighted by atomic mass is 16.5. The summed E-state index contributed by atoms with van der Waals surface area (Å²) in [7, 11) is 0. The van der Waals surface area contributed by atoms with Gasteiger partial charge in [-0.1, -0.05) is 30.3 Å². The number of ether oxygens (including phenoxy) is 1. The van der Waals surface area contributed by atoms with Gasteiger partial charge in [0.15, 0.2) is 0 Å². The fourth-order valence-electron chi connectivity index (χ4n) is 2.32. The number of hydrogen-bond donors (Lipinski definition) is 1. The number of hydrogen-bond acceptors (Lipinski definition) is 4. The van der Waals surface area contributed by atoms with Gasteiger partial charge in [0.2, 0.25) is 0 Å². The van der Waals surface area contributed by atoms with Crippen LogP contribution in [0.5, 0.6) is 0 Å². The standard InChI is InChI=1S/C15H20N2O2/c1-12(16)9-15(18)19-14-7-8-17(11-14)10-13-5-3-2-4-6-13/h2-6,14,16H,7-11H2,1H3/t14-/m0/s1. The van der Waals surface area contributed by atoms with Gasteiger partial charge in [0.05, 0.1) is 6.42 Å². The summed E-state index contributed by atoms with van der Waals surface area (Å²) in [6.45, 7) is 4.27. The number of benzene rings is 1. The molecule has 4 heteroatoms. The second kappa shape index (κ2) is 6.48. The van der Waals surface area contributed by atoms with Crippen molar-refractivity contribution in [2.24, 2.45) is 0 Å². The van der Waals surface area contributed by atoms with Crippen molar-refractivity contribution in [3.63, 3.8) is 0 Å². The van der Waals surface area contributed by atoms with Crippen LogP contribution in [0.2, 0.25) is 0 Å². The third kappa shape index (κ3) is 4.48. The normalized spacial score (nSPS) is 19.3. The number of nitrogens with zero attached hydrogens (tertiary/aromatic N) is 1. The van der Waals surface area contributed by atoms with E-state index in [1.165, 1.54) is 5.56 Å². The van der Waals surface area contributed by atoms with Crippen LogP contribution in [0.25, 0.3) is 0 Å². The molecular weight excluding hydrogens is 240 g/mol. The minimum Gasteiger partial charge on any atom is -0.461 e. The second-order valence-corrected chi connectivity index (χ2v) is 5.08. The molecule has 1 fully saturated rings. The monoisotopic (exact) mass is 260 g/mol. The predicted octanol–water partition coefficient (Wildman–Crippen LogP) is 2.23. The molecule has 1 N–H and O–H groups in total. The zero-order valence-corrected chi connectivity index (χ0v) is 11.3. The summed E-state index contributed by atoms with van der Waals surface area (Å²) < 4.78 is 5.37. The molecule has 0 unspecified atom stereocenters. The van der Waals surface area contributed by atoms with Gasteiger partial charge in [-0.05, 0) is 18.9 Å². The summed E-state index contributed by atoms with van der Waals surface area (Å²) in [5.74, 6) is -0.279. The van der Waals surface area contributed by atoms with Crippen molar-refractivity contribution in [2.75, 3.05) is 13.1 Å². The average Bonchev–Trinajstić information content (AvgIpc) is 2.76. The molecule has 1 aliphatic heterocycles. The molecule has 1 aromatic carbocycles. The van der Waals surface area contributed by atoms with E-state index < -0.39 is 0 Å². The van der Waals surface area contributed by atoms with E-state index in [0.29, 0.717) is 5.71 Å². The Morgan fingerprint density at radius 1 is 1.42 bits per heavy atom. The summed E-state index contributed by atoms with van der Waals surface area (Å²) >= 11 is 0. The van der Waals surface area contributed by atoms with Crippen molar-refractivity contribution >= 4 is 11.7 Å². The molecule has 0 radical (unpaired) electrons. The van der Waals surface area contributed by atoms with Gasteiger partial charge in [-0.3, -0.25) is 9.69 Å². The predicted molar refractivity (Wildman–Crippen MR) is 74.2 cm³/mol. The summed E-state index contributed by atoms with van der Waals surface area (Å²) in [5, 5.41) is 7.28. The Kier molecular flexibility index (Phi) is 4.68. The van der Waals surface area contributed by atoms with E-state index in [1.807, 2.05) is 18.2 Å². The topological polar surface area (TPSA) is 53.4 Å². The molecule has 102 valence electrons. The van der Waals surface area contributed by atoms with Crippen LogP contribution in [0.4, 0.5) is 0 Å². The van der Waals surface area contributed by atoms with E-state index in [-0.39, 0.29) is 18.5 Å². The van der Waals surface area contributed by atoms with Crippen molar-refractivity contribution in [1.82, 2.24) is 4.90 Å². The van der Waals surface area contributed by atoms with Crippen molar-refractivity contribution < 1.29 is 9.53 Å². The maximum Gasteiger partial charge on any atom is 0.311 e. The fourth-order valence-corrected chi connectivity index (χ4v) is 2.32. The number of carbonyl (C=O) groups is 1. The van der Waals surface area contributed by atoms with Gasteiger partial charge in [0, 0.05) is 25.3 Å². The Morgan fingerprint density at radius 2 is 2.16 bits per heavy atom. The largest absolute Gasteiger partial charge is 0.461 e. The van der Waals surface area contributed by atoms with Crippen LogP contribution < -0.4 is 0 Å². The van der Waals surface area contributed by atoms with Crippen LogP contribution in [0.15, 0.2) is 30.3 Å². The molecule has 1 atom stereocenters. The number of rotatable bonds is 5. The molecule has 0 bridgehead atoms. The molecule has 1 aliphatic rings. The summed E-state index contributed by atoms with van der Waals surface area (Å²) in [5.41, 5.74) is 1.63. The van der Waals surface area contributed by atoms with Crippen LogP contribution in [0.1, 0.15) is 25.3 Å². The number of carbonyl (C=O) groups excluding carboxylic acids is 1. The highest BCUT2D eigenvalue weighted by Crippen LogP contribution is 2.16. The highest BCUT2D eigenvalue weighted by Gasteiger charge is 2.25. The first-order valence-corrected chi connectivity index (χ1v) is 6.63. The van der Waals surface area contributed by atoms with E-state index in [4.69, 9.17) is 10.1 Å². The molecule has 1 saturated heterocycles. The van der Waals surface area contributed by atoms with Gasteiger partial charge in [-0.15, -0.1) is 0 Å². The second-order valence-electron chi connectivity index (χ2n) is 5.08. The molecule has 0 amide bonds. The van der Waals surface area contributed by atoms with E-state index >= 15 is 0 Å². The first-order valence-electron chi connectivity index (χ1n) is 6.63. The van der Waals surface area contributed by atoms with Gasteiger partial charge in [-0.2, -0.15) is 0 Å². The fraction of sp³-hybridized carbons (Fsp3) is 0.467. The van der Waals surface area contributed by atoms with Crippen molar-refractivity contribution in [3.8, 4) is 0 Å². The van der Waals surface area contributed by atoms with Gasteiger partial charge in [0.1, 0.15) is 6.10 Å². The SMILES string of the molecule is CC(=N)CC(=O)O[C@H]1CCN(Cc2ccccc2)C1. The summed E-state index contributed by atoms with van der Waals surface area (Å²) in [6, 6.07) is 10.3. The molecule has 0 aromatic heterocycles. The van der Waals surface area contributed by atoms with E-state index in [1.54, 1.807) is 6.92 Å². The van der Waals surface area contributed by atoms with Crippen molar-refractivity contribution in [2.45, 2.75) is 32.4 Å².